The molecule has 0 bridgehead atoms. The van der Waals surface area contributed by atoms with E-state index in [0.29, 0.717) is 43.2 Å². The Morgan fingerprint density at radius 2 is 1.16 bits per heavy atom. The maximum atomic E-state index is 11.8. The van der Waals surface area contributed by atoms with Crippen molar-refractivity contribution in [3.63, 3.8) is 0 Å². The van der Waals surface area contributed by atoms with Crippen molar-refractivity contribution in [3.05, 3.63) is 103 Å². The number of hydrogen-bond acceptors (Lipinski definition) is 9. The number of nitrogen functional groups attached to an aromatic ring is 1. The molecule has 2 atom stereocenters. The molecule has 2 aromatic heterocycles. The van der Waals surface area contributed by atoms with E-state index in [-0.39, 0.29) is 56.0 Å². The van der Waals surface area contributed by atoms with Crippen molar-refractivity contribution in [2.45, 2.75) is 53.8 Å². The van der Waals surface area contributed by atoms with E-state index in [9.17, 15) is 19.7 Å². The number of aryl methyl sites for hydroxylation is 4. The van der Waals surface area contributed by atoms with Crippen molar-refractivity contribution < 1.29 is 14.4 Å². The molecule has 0 aliphatic heterocycles. The Labute approximate surface area is 308 Å². The molecule has 2 heterocycles. The number of aromatic nitrogens is 2. The van der Waals surface area contributed by atoms with Crippen LogP contribution in [0.5, 0.6) is 0 Å². The van der Waals surface area contributed by atoms with Crippen LogP contribution in [-0.2, 0) is 23.6 Å². The van der Waals surface area contributed by atoms with Gasteiger partial charge in [0.15, 0.2) is 0 Å². The molecule has 0 saturated heterocycles. The van der Waals surface area contributed by atoms with Gasteiger partial charge in [-0.25, -0.2) is 0 Å². The van der Waals surface area contributed by atoms with E-state index in [0.717, 1.165) is 33.5 Å². The maximum absolute atomic E-state index is 11.8. The minimum atomic E-state index is -0.413. The molecule has 50 heavy (non-hydrogen) atoms. The minimum absolute atomic E-state index is 0. The quantitative estimate of drug-likeness (QED) is 0.0840. The maximum Gasteiger partial charge on any atom is 0.292 e. The van der Waals surface area contributed by atoms with Crippen molar-refractivity contribution in [1.82, 2.24) is 9.13 Å². The van der Waals surface area contributed by atoms with Crippen LogP contribution in [-0.4, -0.2) is 52.6 Å². The number of nitro benzene ring substituents is 1. The monoisotopic (exact) mass is 728 g/mol. The minimum Gasteiger partial charge on any atom is -0.397 e. The van der Waals surface area contributed by atoms with E-state index in [2.05, 4.69) is 10.6 Å². The van der Waals surface area contributed by atoms with Crippen LogP contribution < -0.4 is 27.5 Å². The largest absolute Gasteiger partial charge is 0.397 e. The Balaban J connectivity index is 0.000000482. The van der Waals surface area contributed by atoms with Crippen LogP contribution in [0.2, 0.25) is 0 Å². The topological polar surface area (TPSA) is 156 Å². The second kappa shape index (κ2) is 20.4. The molecule has 274 valence electrons. The van der Waals surface area contributed by atoms with Gasteiger partial charge in [-0.3, -0.25) is 19.7 Å². The third kappa shape index (κ3) is 12.0. The number of ether oxygens (including phenoxy) is 2. The van der Waals surface area contributed by atoms with E-state index in [1.54, 1.807) is 50.0 Å². The van der Waals surface area contributed by atoms with Gasteiger partial charge in [0.25, 0.3) is 16.8 Å². The lowest BCUT2D eigenvalue weighted by molar-refractivity contribution is -0.384. The summed E-state index contributed by atoms with van der Waals surface area (Å²) in [5, 5.41) is 17.7. The van der Waals surface area contributed by atoms with Gasteiger partial charge >= 0.3 is 0 Å². The standard InChI is InChI=1S/C18H23N3O4.C18H25N3O2.2H2S/c1-5-25-13(3)10-19-16-9-14(6-7-17(16)21(23)24)15-8-12(2)18(22)20(4)11-15;1-5-23-13(3)10-20-17-9-14(6-7-16(17)19)15-8-12(2)18(22)21(4)11-15;;/h6-9,11,13,19H,5,10H2,1-4H3;6-9,11,13,20H,5,10,19H2,1-4H3;2*1H2/t2*13-;;/m00../s1. The highest BCUT2D eigenvalue weighted by atomic mass is 32.1. The molecule has 12 nitrogen and oxygen atoms in total. The fourth-order valence-corrected chi connectivity index (χ4v) is 5.17. The smallest absolute Gasteiger partial charge is 0.292 e. The molecular formula is C36H52N6O6S2. The van der Waals surface area contributed by atoms with Crippen LogP contribution >= 0.6 is 27.0 Å². The number of nitrogens with one attached hydrogen (secondary N) is 2. The first-order chi connectivity index (χ1) is 22.7. The van der Waals surface area contributed by atoms with E-state index < -0.39 is 4.92 Å². The van der Waals surface area contributed by atoms with Gasteiger partial charge in [0.2, 0.25) is 0 Å². The average molecular weight is 729 g/mol. The fraction of sp³-hybridized carbons (Fsp3) is 0.389. The third-order valence-electron chi connectivity index (χ3n) is 7.70. The van der Waals surface area contributed by atoms with E-state index >= 15 is 0 Å². The summed E-state index contributed by atoms with van der Waals surface area (Å²) in [6.45, 7) is 13.8. The SMILES string of the molecule is CCO[C@@H](C)CNc1cc(-c2cc(C)c(=O)n(C)c2)ccc1N.CCO[C@@H](C)CNc1cc(-c2cc(C)c(=O)n(C)c2)ccc1[N+](=O)[O-].S.S. The van der Waals surface area contributed by atoms with Crippen LogP contribution in [0.3, 0.4) is 0 Å². The normalized spacial score (nSPS) is 11.6. The molecular weight excluding hydrogens is 677 g/mol. The average Bonchev–Trinajstić information content (AvgIpc) is 3.04. The Morgan fingerprint density at radius 3 is 1.58 bits per heavy atom. The predicted octanol–water partition coefficient (Wildman–Crippen LogP) is 6.11. The molecule has 0 unspecified atom stereocenters. The summed E-state index contributed by atoms with van der Waals surface area (Å²) in [6.07, 6.45) is 3.62. The van der Waals surface area contributed by atoms with Gasteiger partial charge in [0.05, 0.1) is 28.5 Å². The molecule has 0 aliphatic rings. The van der Waals surface area contributed by atoms with Gasteiger partial charge in [-0.15, -0.1) is 0 Å². The van der Waals surface area contributed by atoms with Gasteiger partial charge in [0, 0.05) is 70.0 Å². The summed E-state index contributed by atoms with van der Waals surface area (Å²) in [4.78, 5) is 34.5. The predicted molar refractivity (Wildman–Crippen MR) is 215 cm³/mol. The summed E-state index contributed by atoms with van der Waals surface area (Å²) in [7, 11) is 3.45. The highest BCUT2D eigenvalue weighted by Gasteiger charge is 2.16. The molecule has 4 aromatic rings. The molecule has 0 amide bonds. The summed E-state index contributed by atoms with van der Waals surface area (Å²) in [5.41, 5.74) is 13.0. The molecule has 0 aliphatic carbocycles. The number of nitrogens with two attached hydrogens (primary N) is 1. The first kappa shape index (κ1) is 43.8. The summed E-state index contributed by atoms with van der Waals surface area (Å²) >= 11 is 0. The number of benzene rings is 2. The highest BCUT2D eigenvalue weighted by molar-refractivity contribution is 7.59. The van der Waals surface area contributed by atoms with Crippen LogP contribution in [0, 0.1) is 24.0 Å². The Bertz CT molecular complexity index is 1790. The Morgan fingerprint density at radius 1 is 0.740 bits per heavy atom. The Kier molecular flexibility index (Phi) is 17.9. The van der Waals surface area contributed by atoms with Crippen LogP contribution in [0.15, 0.2) is 70.5 Å². The number of anilines is 3. The molecule has 0 spiro atoms. The molecule has 4 rings (SSSR count). The number of rotatable bonds is 13. The van der Waals surface area contributed by atoms with Crippen molar-refractivity contribution in [2.24, 2.45) is 14.1 Å². The second-order valence-electron chi connectivity index (χ2n) is 11.7. The number of nitro groups is 1. The van der Waals surface area contributed by atoms with E-state index in [1.807, 2.05) is 65.1 Å². The van der Waals surface area contributed by atoms with Crippen molar-refractivity contribution in [2.75, 3.05) is 42.7 Å². The van der Waals surface area contributed by atoms with Gasteiger partial charge in [-0.1, -0.05) is 6.07 Å². The third-order valence-corrected chi connectivity index (χ3v) is 7.70. The second-order valence-corrected chi connectivity index (χ2v) is 11.7. The lowest BCUT2D eigenvalue weighted by Crippen LogP contribution is -2.20. The lowest BCUT2D eigenvalue weighted by atomic mass is 10.0. The van der Waals surface area contributed by atoms with Gasteiger partial charge < -0.3 is 35.0 Å². The fourth-order valence-electron chi connectivity index (χ4n) is 5.17. The van der Waals surface area contributed by atoms with Crippen molar-refractivity contribution >= 4 is 49.7 Å². The zero-order chi connectivity index (χ0) is 35.5. The molecule has 14 heteroatoms. The number of pyridine rings is 2. The lowest BCUT2D eigenvalue weighted by Gasteiger charge is -2.16. The van der Waals surface area contributed by atoms with Crippen LogP contribution in [0.4, 0.5) is 22.7 Å². The summed E-state index contributed by atoms with van der Waals surface area (Å²) in [6, 6.07) is 14.4. The Hall–Kier alpha value is -4.24. The first-order valence-electron chi connectivity index (χ1n) is 16.0. The summed E-state index contributed by atoms with van der Waals surface area (Å²) in [5.74, 6) is 0. The number of nitrogens with zero attached hydrogens (tertiary/aromatic N) is 3. The van der Waals surface area contributed by atoms with Gasteiger partial charge in [-0.2, -0.15) is 27.0 Å². The molecule has 0 fully saturated rings. The molecule has 0 radical (unpaired) electrons. The van der Waals surface area contributed by atoms with Gasteiger partial charge in [0.1, 0.15) is 5.69 Å². The first-order valence-corrected chi connectivity index (χ1v) is 16.0. The van der Waals surface area contributed by atoms with Crippen LogP contribution in [0.1, 0.15) is 38.8 Å². The van der Waals surface area contributed by atoms with Crippen molar-refractivity contribution in [3.8, 4) is 22.3 Å². The number of hydrogen-bond donors (Lipinski definition) is 3. The molecule has 4 N–H and O–H groups in total. The van der Waals surface area contributed by atoms with Gasteiger partial charge in [-0.05, 0) is 100 Å². The van der Waals surface area contributed by atoms with E-state index in [4.69, 9.17) is 15.2 Å². The van der Waals surface area contributed by atoms with Crippen molar-refractivity contribution in [1.29, 1.82) is 0 Å². The van der Waals surface area contributed by atoms with E-state index in [1.165, 1.54) is 10.6 Å². The van der Waals surface area contributed by atoms with Crippen LogP contribution in [0.25, 0.3) is 22.3 Å². The molecule has 0 saturated carbocycles. The zero-order valence-electron chi connectivity index (χ0n) is 30.1. The molecule has 2 aromatic carbocycles. The summed E-state index contributed by atoms with van der Waals surface area (Å²) < 4.78 is 14.1. The highest BCUT2D eigenvalue weighted by Crippen LogP contribution is 2.31. The zero-order valence-corrected chi connectivity index (χ0v) is 32.1.